The van der Waals surface area contributed by atoms with Gasteiger partial charge in [-0.1, -0.05) is 78.9 Å². The molecular formula is C23H24NO2+. The van der Waals surface area contributed by atoms with Gasteiger partial charge in [0.2, 0.25) is 11.6 Å². The Kier molecular flexibility index (Phi) is 6.59. The molecule has 0 aromatic heterocycles. The van der Waals surface area contributed by atoms with E-state index in [1.807, 2.05) is 18.2 Å². The van der Waals surface area contributed by atoms with Crippen LogP contribution >= 0.6 is 0 Å². The van der Waals surface area contributed by atoms with Crippen molar-refractivity contribution in [1.82, 2.24) is 4.48 Å². The van der Waals surface area contributed by atoms with E-state index in [1.165, 1.54) is 5.69 Å². The maximum absolute atomic E-state index is 11.8. The minimum atomic E-state index is -0.466. The Bertz CT molecular complexity index is 786. The molecule has 0 atom stereocenters. The van der Waals surface area contributed by atoms with E-state index in [4.69, 9.17) is 0 Å². The number of carbonyl (C=O) groups is 2. The molecule has 0 amide bonds. The van der Waals surface area contributed by atoms with Crippen LogP contribution in [0.25, 0.3) is 0 Å². The predicted molar refractivity (Wildman–Crippen MR) is 108 cm³/mol. The second-order valence-corrected chi connectivity index (χ2v) is 6.74. The number of rotatable bonds is 4. The molecule has 0 fully saturated rings. The minimum absolute atomic E-state index is 0.427. The highest BCUT2D eigenvalue weighted by molar-refractivity contribution is 6.49. The van der Waals surface area contributed by atoms with Crippen molar-refractivity contribution in [2.75, 3.05) is 21.1 Å². The van der Waals surface area contributed by atoms with Crippen molar-refractivity contribution < 1.29 is 9.59 Å². The van der Waals surface area contributed by atoms with Gasteiger partial charge in [0.15, 0.2) is 0 Å². The lowest BCUT2D eigenvalue weighted by molar-refractivity contribution is 0.0817. The third-order valence-electron chi connectivity index (χ3n) is 3.81. The first-order valence-corrected chi connectivity index (χ1v) is 8.46. The van der Waals surface area contributed by atoms with Crippen LogP contribution in [0, 0.1) is 0 Å². The number of para-hydroxylation sites is 1. The number of hydrogen-bond acceptors (Lipinski definition) is 2. The van der Waals surface area contributed by atoms with Crippen LogP contribution < -0.4 is 4.48 Å². The van der Waals surface area contributed by atoms with Crippen LogP contribution in [0.4, 0.5) is 5.69 Å². The van der Waals surface area contributed by atoms with Gasteiger partial charge in [0.1, 0.15) is 5.69 Å². The monoisotopic (exact) mass is 346 g/mol. The van der Waals surface area contributed by atoms with Crippen molar-refractivity contribution in [2.45, 2.75) is 0 Å². The SMILES string of the molecule is C[N+](C)(C)c1ccccc1.O=C(C(=O)c1ccccc1)c1ccccc1. The van der Waals surface area contributed by atoms with Gasteiger partial charge in [0, 0.05) is 11.1 Å². The molecule has 3 nitrogen and oxygen atoms in total. The molecular weight excluding hydrogens is 322 g/mol. The van der Waals surface area contributed by atoms with Crippen LogP contribution in [0.3, 0.4) is 0 Å². The lowest BCUT2D eigenvalue weighted by atomic mass is 10.0. The topological polar surface area (TPSA) is 34.1 Å². The van der Waals surface area contributed by atoms with E-state index in [-0.39, 0.29) is 0 Å². The summed E-state index contributed by atoms with van der Waals surface area (Å²) in [4.78, 5) is 23.6. The lowest BCUT2D eigenvalue weighted by Crippen LogP contribution is -2.34. The lowest BCUT2D eigenvalue weighted by Gasteiger charge is -2.22. The molecule has 3 rings (SSSR count). The standard InChI is InChI=1S/C14H10O2.C9H14N/c15-13(11-7-3-1-4-8-11)14(16)12-9-5-2-6-10-12;1-10(2,3)9-7-5-4-6-8-9/h1-10H;4-8H,1-3H3/q;+1. The third-order valence-corrected chi connectivity index (χ3v) is 3.81. The van der Waals surface area contributed by atoms with Gasteiger partial charge in [0.25, 0.3) is 0 Å². The first-order valence-electron chi connectivity index (χ1n) is 8.46. The number of ketones is 2. The number of hydrogen-bond donors (Lipinski definition) is 0. The molecule has 26 heavy (non-hydrogen) atoms. The van der Waals surface area contributed by atoms with E-state index in [2.05, 4.69) is 45.4 Å². The molecule has 0 saturated carbocycles. The van der Waals surface area contributed by atoms with E-state index in [0.29, 0.717) is 11.1 Å². The summed E-state index contributed by atoms with van der Waals surface area (Å²) in [7, 11) is 6.49. The van der Waals surface area contributed by atoms with Crippen LogP contribution in [0.2, 0.25) is 0 Å². The van der Waals surface area contributed by atoms with Gasteiger partial charge in [-0.3, -0.25) is 14.1 Å². The van der Waals surface area contributed by atoms with Crippen LogP contribution in [-0.2, 0) is 0 Å². The van der Waals surface area contributed by atoms with Gasteiger partial charge in [-0.15, -0.1) is 0 Å². The van der Waals surface area contributed by atoms with Gasteiger partial charge in [0.05, 0.1) is 21.1 Å². The summed E-state index contributed by atoms with van der Waals surface area (Å²) < 4.78 is 0.890. The molecule has 0 aliphatic heterocycles. The molecule has 3 heteroatoms. The highest BCUT2D eigenvalue weighted by Crippen LogP contribution is 2.14. The van der Waals surface area contributed by atoms with Crippen molar-refractivity contribution in [3.05, 3.63) is 102 Å². The molecule has 3 aromatic carbocycles. The van der Waals surface area contributed by atoms with Crippen molar-refractivity contribution >= 4 is 17.3 Å². The quantitative estimate of drug-likeness (QED) is 0.392. The second-order valence-electron chi connectivity index (χ2n) is 6.74. The first kappa shape index (κ1) is 19.3. The van der Waals surface area contributed by atoms with Crippen LogP contribution in [0.15, 0.2) is 91.0 Å². The van der Waals surface area contributed by atoms with Crippen LogP contribution in [0.5, 0.6) is 0 Å². The van der Waals surface area contributed by atoms with Crippen molar-refractivity contribution in [3.8, 4) is 0 Å². The molecule has 0 aliphatic rings. The molecule has 132 valence electrons. The molecule has 0 heterocycles. The summed E-state index contributed by atoms with van der Waals surface area (Å²) in [5, 5.41) is 0. The summed E-state index contributed by atoms with van der Waals surface area (Å²) in [5.41, 5.74) is 2.19. The van der Waals surface area contributed by atoms with Crippen molar-refractivity contribution in [2.24, 2.45) is 0 Å². The Morgan fingerprint density at radius 2 is 0.846 bits per heavy atom. The number of quaternary nitrogens is 1. The number of Topliss-reactive ketones (excluding diaryl/α,β-unsaturated/α-hetero) is 2. The van der Waals surface area contributed by atoms with Gasteiger partial charge in [-0.05, 0) is 12.1 Å². The largest absolute Gasteiger partial charge is 0.298 e. The average molecular weight is 346 g/mol. The normalized spacial score (nSPS) is 10.4. The predicted octanol–water partition coefficient (Wildman–Crippen LogP) is 4.64. The fourth-order valence-electron chi connectivity index (χ4n) is 2.32. The fourth-order valence-corrected chi connectivity index (χ4v) is 2.32. The summed E-state index contributed by atoms with van der Waals surface area (Å²) in [6, 6.07) is 27.6. The van der Waals surface area contributed by atoms with E-state index >= 15 is 0 Å². The Morgan fingerprint density at radius 3 is 1.12 bits per heavy atom. The van der Waals surface area contributed by atoms with Gasteiger partial charge >= 0.3 is 0 Å². The Balaban J connectivity index is 0.000000209. The number of nitrogens with zero attached hydrogens (tertiary/aromatic N) is 1. The average Bonchev–Trinajstić information content (AvgIpc) is 2.69. The highest BCUT2D eigenvalue weighted by Gasteiger charge is 2.17. The minimum Gasteiger partial charge on any atom is -0.298 e. The second kappa shape index (κ2) is 8.88. The molecule has 0 N–H and O–H groups in total. The first-order chi connectivity index (χ1) is 12.4. The fraction of sp³-hybridized carbons (Fsp3) is 0.130. The molecule has 3 aromatic rings. The molecule has 0 aliphatic carbocycles. The summed E-state index contributed by atoms with van der Waals surface area (Å²) in [6.45, 7) is 0. The molecule has 0 unspecified atom stereocenters. The Labute approximate surface area is 155 Å². The van der Waals surface area contributed by atoms with E-state index in [0.717, 1.165) is 4.48 Å². The Hall–Kier alpha value is -3.04. The van der Waals surface area contributed by atoms with Gasteiger partial charge in [-0.2, -0.15) is 0 Å². The summed E-state index contributed by atoms with van der Waals surface area (Å²) in [6.07, 6.45) is 0. The summed E-state index contributed by atoms with van der Waals surface area (Å²) >= 11 is 0. The van der Waals surface area contributed by atoms with Crippen molar-refractivity contribution in [3.63, 3.8) is 0 Å². The van der Waals surface area contributed by atoms with E-state index in [1.54, 1.807) is 48.5 Å². The van der Waals surface area contributed by atoms with Crippen LogP contribution in [0.1, 0.15) is 20.7 Å². The molecule has 0 bridgehead atoms. The molecule has 0 saturated heterocycles. The maximum atomic E-state index is 11.8. The zero-order chi connectivity index (χ0) is 19.0. The third kappa shape index (κ3) is 5.50. The molecule has 0 radical (unpaired) electrons. The van der Waals surface area contributed by atoms with Gasteiger partial charge in [-0.25, -0.2) is 0 Å². The highest BCUT2D eigenvalue weighted by atomic mass is 16.2. The van der Waals surface area contributed by atoms with E-state index in [9.17, 15) is 9.59 Å². The number of benzene rings is 3. The zero-order valence-electron chi connectivity index (χ0n) is 15.4. The van der Waals surface area contributed by atoms with E-state index < -0.39 is 11.6 Å². The Morgan fingerprint density at radius 1 is 0.538 bits per heavy atom. The van der Waals surface area contributed by atoms with Crippen molar-refractivity contribution in [1.29, 1.82) is 0 Å². The maximum Gasteiger partial charge on any atom is 0.233 e. The smallest absolute Gasteiger partial charge is 0.233 e. The zero-order valence-corrected chi connectivity index (χ0v) is 15.4. The number of carbonyl (C=O) groups excluding carboxylic acids is 2. The summed E-state index contributed by atoms with van der Waals surface area (Å²) in [5.74, 6) is -0.932. The molecule has 0 spiro atoms. The van der Waals surface area contributed by atoms with Crippen LogP contribution in [-0.4, -0.2) is 32.7 Å². The van der Waals surface area contributed by atoms with Gasteiger partial charge < -0.3 is 0 Å².